The van der Waals surface area contributed by atoms with E-state index in [1.807, 2.05) is 46.8 Å². The number of fused-ring (bicyclic) bond motifs is 1. The standard InChI is InChI=1S/C17H19N7O/c1-23-8-7-18-16(23)12-3-2-4-13(9-12)21-17(25)22-14-5-6-15-19-11-20-24(15)10-14/h2-4,7-9,11,14H,5-6,10H2,1H3,(H2,21,22,25). The van der Waals surface area contributed by atoms with Crippen molar-refractivity contribution in [3.05, 3.63) is 48.8 Å². The molecule has 8 heteroatoms. The average molecular weight is 337 g/mol. The lowest BCUT2D eigenvalue weighted by Crippen LogP contribution is -2.43. The molecule has 0 spiro atoms. The quantitative estimate of drug-likeness (QED) is 0.763. The summed E-state index contributed by atoms with van der Waals surface area (Å²) in [5, 5.41) is 10.1. The molecule has 2 amide bonds. The molecule has 3 aromatic rings. The molecule has 0 aliphatic carbocycles. The van der Waals surface area contributed by atoms with Crippen molar-refractivity contribution >= 4 is 11.7 Å². The number of urea groups is 1. The summed E-state index contributed by atoms with van der Waals surface area (Å²) >= 11 is 0. The average Bonchev–Trinajstić information content (AvgIpc) is 3.23. The monoisotopic (exact) mass is 337 g/mol. The van der Waals surface area contributed by atoms with Crippen LogP contribution in [0, 0.1) is 0 Å². The second-order valence-electron chi connectivity index (χ2n) is 6.13. The molecule has 0 saturated carbocycles. The van der Waals surface area contributed by atoms with Gasteiger partial charge in [-0.05, 0) is 18.6 Å². The van der Waals surface area contributed by atoms with Gasteiger partial charge in [0.1, 0.15) is 18.0 Å². The highest BCUT2D eigenvalue weighted by Crippen LogP contribution is 2.20. The molecule has 2 N–H and O–H groups in total. The predicted octanol–water partition coefficient (Wildman–Crippen LogP) is 1.82. The number of aryl methyl sites for hydroxylation is 2. The number of hydrogen-bond acceptors (Lipinski definition) is 4. The molecule has 8 nitrogen and oxygen atoms in total. The van der Waals surface area contributed by atoms with Crippen LogP contribution in [-0.2, 0) is 20.0 Å². The van der Waals surface area contributed by atoms with E-state index in [0.717, 1.165) is 35.7 Å². The van der Waals surface area contributed by atoms with E-state index in [1.165, 1.54) is 0 Å². The first-order chi connectivity index (χ1) is 12.2. The van der Waals surface area contributed by atoms with E-state index < -0.39 is 0 Å². The van der Waals surface area contributed by atoms with Gasteiger partial charge in [0, 0.05) is 37.1 Å². The molecule has 3 heterocycles. The van der Waals surface area contributed by atoms with Crippen molar-refractivity contribution in [1.29, 1.82) is 0 Å². The maximum Gasteiger partial charge on any atom is 0.319 e. The van der Waals surface area contributed by atoms with Gasteiger partial charge < -0.3 is 15.2 Å². The highest BCUT2D eigenvalue weighted by Gasteiger charge is 2.21. The van der Waals surface area contributed by atoms with Gasteiger partial charge in [0.25, 0.3) is 0 Å². The molecular weight excluding hydrogens is 318 g/mol. The van der Waals surface area contributed by atoms with E-state index in [1.54, 1.807) is 12.5 Å². The van der Waals surface area contributed by atoms with Crippen molar-refractivity contribution in [2.75, 3.05) is 5.32 Å². The minimum atomic E-state index is -0.217. The van der Waals surface area contributed by atoms with Crippen LogP contribution in [0.2, 0.25) is 0 Å². The number of anilines is 1. The fourth-order valence-corrected chi connectivity index (χ4v) is 3.09. The summed E-state index contributed by atoms with van der Waals surface area (Å²) in [6.45, 7) is 0.649. The molecule has 0 saturated heterocycles. The summed E-state index contributed by atoms with van der Waals surface area (Å²) < 4.78 is 3.78. The molecule has 128 valence electrons. The van der Waals surface area contributed by atoms with E-state index in [2.05, 4.69) is 25.7 Å². The maximum absolute atomic E-state index is 12.3. The van der Waals surface area contributed by atoms with Crippen LogP contribution in [-0.4, -0.2) is 36.4 Å². The molecule has 4 rings (SSSR count). The number of amides is 2. The van der Waals surface area contributed by atoms with Crippen LogP contribution >= 0.6 is 0 Å². The summed E-state index contributed by atoms with van der Waals surface area (Å²) in [7, 11) is 1.94. The number of carbonyl (C=O) groups excluding carboxylic acids is 1. The van der Waals surface area contributed by atoms with Gasteiger partial charge >= 0.3 is 6.03 Å². The van der Waals surface area contributed by atoms with Crippen LogP contribution < -0.4 is 10.6 Å². The molecule has 1 aliphatic rings. The molecule has 0 fully saturated rings. The van der Waals surface area contributed by atoms with E-state index in [4.69, 9.17) is 0 Å². The number of carbonyl (C=O) groups is 1. The molecule has 0 radical (unpaired) electrons. The van der Waals surface area contributed by atoms with Crippen molar-refractivity contribution in [1.82, 2.24) is 29.6 Å². The third-order valence-electron chi connectivity index (χ3n) is 4.34. The van der Waals surface area contributed by atoms with Crippen LogP contribution in [0.25, 0.3) is 11.4 Å². The minimum absolute atomic E-state index is 0.0481. The lowest BCUT2D eigenvalue weighted by molar-refractivity contribution is 0.243. The minimum Gasteiger partial charge on any atom is -0.334 e. The first-order valence-corrected chi connectivity index (χ1v) is 8.21. The predicted molar refractivity (Wildman–Crippen MR) is 92.9 cm³/mol. The Hall–Kier alpha value is -3.16. The van der Waals surface area contributed by atoms with Gasteiger partial charge in [-0.1, -0.05) is 12.1 Å². The lowest BCUT2D eigenvalue weighted by atomic mass is 10.1. The fourth-order valence-electron chi connectivity index (χ4n) is 3.09. The largest absolute Gasteiger partial charge is 0.334 e. The molecule has 1 aliphatic heterocycles. The van der Waals surface area contributed by atoms with Crippen LogP contribution in [0.5, 0.6) is 0 Å². The summed E-state index contributed by atoms with van der Waals surface area (Å²) in [6, 6.07) is 7.49. The van der Waals surface area contributed by atoms with Crippen LogP contribution in [0.3, 0.4) is 0 Å². The van der Waals surface area contributed by atoms with Crippen molar-refractivity contribution in [2.24, 2.45) is 7.05 Å². The van der Waals surface area contributed by atoms with E-state index >= 15 is 0 Å². The van der Waals surface area contributed by atoms with Crippen molar-refractivity contribution in [2.45, 2.75) is 25.4 Å². The Balaban J connectivity index is 1.41. The highest BCUT2D eigenvalue weighted by molar-refractivity contribution is 5.90. The van der Waals surface area contributed by atoms with E-state index in [0.29, 0.717) is 6.54 Å². The number of aromatic nitrogens is 5. The Morgan fingerprint density at radius 2 is 2.24 bits per heavy atom. The van der Waals surface area contributed by atoms with Crippen LogP contribution in [0.1, 0.15) is 12.2 Å². The van der Waals surface area contributed by atoms with E-state index in [9.17, 15) is 4.79 Å². The van der Waals surface area contributed by atoms with Gasteiger partial charge in [0.15, 0.2) is 0 Å². The molecule has 1 unspecified atom stereocenters. The molecular formula is C17H19N7O. The zero-order valence-corrected chi connectivity index (χ0v) is 13.9. The number of nitrogens with one attached hydrogen (secondary N) is 2. The van der Waals surface area contributed by atoms with Gasteiger partial charge in [0.2, 0.25) is 0 Å². The van der Waals surface area contributed by atoms with Crippen molar-refractivity contribution in [3.63, 3.8) is 0 Å². The number of benzene rings is 1. The number of hydrogen-bond donors (Lipinski definition) is 2. The Labute approximate surface area is 144 Å². The van der Waals surface area contributed by atoms with Gasteiger partial charge in [0.05, 0.1) is 12.6 Å². The van der Waals surface area contributed by atoms with Crippen LogP contribution in [0.15, 0.2) is 43.0 Å². The number of rotatable bonds is 3. The first kappa shape index (κ1) is 15.4. The SMILES string of the molecule is Cn1ccnc1-c1cccc(NC(=O)NC2CCc3ncnn3C2)c1. The second kappa shape index (κ2) is 6.39. The normalized spacial score (nSPS) is 16.3. The summed E-state index contributed by atoms with van der Waals surface area (Å²) in [4.78, 5) is 20.8. The Morgan fingerprint density at radius 1 is 1.32 bits per heavy atom. The zero-order chi connectivity index (χ0) is 17.2. The maximum atomic E-state index is 12.3. The van der Waals surface area contributed by atoms with Gasteiger partial charge in [-0.3, -0.25) is 0 Å². The van der Waals surface area contributed by atoms with Crippen molar-refractivity contribution in [3.8, 4) is 11.4 Å². The van der Waals surface area contributed by atoms with Gasteiger partial charge in [-0.25, -0.2) is 19.4 Å². The third-order valence-corrected chi connectivity index (χ3v) is 4.34. The Morgan fingerprint density at radius 3 is 3.08 bits per heavy atom. The third kappa shape index (κ3) is 3.23. The molecule has 2 aromatic heterocycles. The van der Waals surface area contributed by atoms with Crippen molar-refractivity contribution < 1.29 is 4.79 Å². The van der Waals surface area contributed by atoms with Gasteiger partial charge in [-0.2, -0.15) is 5.10 Å². The molecule has 25 heavy (non-hydrogen) atoms. The van der Waals surface area contributed by atoms with Crippen LogP contribution in [0.4, 0.5) is 10.5 Å². The van der Waals surface area contributed by atoms with Gasteiger partial charge in [-0.15, -0.1) is 0 Å². The zero-order valence-electron chi connectivity index (χ0n) is 13.9. The topological polar surface area (TPSA) is 89.7 Å². The highest BCUT2D eigenvalue weighted by atomic mass is 16.2. The number of nitrogens with zero attached hydrogens (tertiary/aromatic N) is 5. The fraction of sp³-hybridized carbons (Fsp3) is 0.294. The molecule has 0 bridgehead atoms. The molecule has 1 aromatic carbocycles. The lowest BCUT2D eigenvalue weighted by Gasteiger charge is -2.23. The second-order valence-corrected chi connectivity index (χ2v) is 6.13. The summed E-state index contributed by atoms with van der Waals surface area (Å²) in [5.74, 6) is 1.83. The summed E-state index contributed by atoms with van der Waals surface area (Å²) in [5.41, 5.74) is 1.69. The Kier molecular flexibility index (Phi) is 3.93. The Bertz CT molecular complexity index is 898. The first-order valence-electron chi connectivity index (χ1n) is 8.21. The van der Waals surface area contributed by atoms with E-state index in [-0.39, 0.29) is 12.1 Å². The molecule has 1 atom stereocenters. The number of imidazole rings is 1. The smallest absolute Gasteiger partial charge is 0.319 e. The summed E-state index contributed by atoms with van der Waals surface area (Å²) in [6.07, 6.45) is 6.88.